The number of fused-ring (bicyclic) bond motifs is 1. The third-order valence-corrected chi connectivity index (χ3v) is 3.98. The summed E-state index contributed by atoms with van der Waals surface area (Å²) in [6.07, 6.45) is 0.560. The maximum Gasteiger partial charge on any atom is 0.224 e. The van der Waals surface area contributed by atoms with Crippen LogP contribution in [0, 0.1) is 0 Å². The molecule has 136 valence electrons. The van der Waals surface area contributed by atoms with Gasteiger partial charge in [0.15, 0.2) is 11.5 Å². The molecule has 0 spiro atoms. The molecule has 0 aliphatic carbocycles. The quantitative estimate of drug-likeness (QED) is 0.795. The second-order valence-electron chi connectivity index (χ2n) is 6.02. The molecule has 1 aliphatic heterocycles. The Bertz CT molecular complexity index is 762. The zero-order valence-corrected chi connectivity index (χ0v) is 14.5. The van der Waals surface area contributed by atoms with E-state index in [1.54, 1.807) is 0 Å². The van der Waals surface area contributed by atoms with Gasteiger partial charge in [-0.15, -0.1) is 0 Å². The van der Waals surface area contributed by atoms with Gasteiger partial charge in [0.1, 0.15) is 13.2 Å². The highest BCUT2D eigenvalue weighted by Crippen LogP contribution is 2.30. The monoisotopic (exact) mass is 354 g/mol. The second kappa shape index (κ2) is 8.89. The number of ether oxygens (including phenoxy) is 2. The van der Waals surface area contributed by atoms with Crippen LogP contribution in [-0.4, -0.2) is 31.6 Å². The van der Waals surface area contributed by atoms with E-state index in [0.717, 1.165) is 16.9 Å². The van der Waals surface area contributed by atoms with Gasteiger partial charge in [-0.1, -0.05) is 36.4 Å². The zero-order valence-electron chi connectivity index (χ0n) is 14.5. The van der Waals surface area contributed by atoms with Crippen molar-refractivity contribution in [3.05, 3.63) is 59.7 Å². The fourth-order valence-electron chi connectivity index (χ4n) is 2.65. The molecule has 0 saturated heterocycles. The van der Waals surface area contributed by atoms with E-state index in [1.165, 1.54) is 0 Å². The normalized spacial score (nSPS) is 12.3. The number of carbonyl (C=O) groups excluding carboxylic acids is 2. The van der Waals surface area contributed by atoms with Gasteiger partial charge in [0.05, 0.1) is 6.42 Å². The van der Waals surface area contributed by atoms with Gasteiger partial charge in [-0.2, -0.15) is 0 Å². The number of rotatable bonds is 7. The van der Waals surface area contributed by atoms with Crippen molar-refractivity contribution < 1.29 is 19.1 Å². The number of benzene rings is 2. The summed E-state index contributed by atoms with van der Waals surface area (Å²) >= 11 is 0. The molecule has 0 bridgehead atoms. The fourth-order valence-corrected chi connectivity index (χ4v) is 2.65. The third-order valence-electron chi connectivity index (χ3n) is 3.98. The lowest BCUT2D eigenvalue weighted by molar-refractivity contribution is -0.122. The number of carbonyl (C=O) groups is 2. The van der Waals surface area contributed by atoms with Crippen molar-refractivity contribution in [3.8, 4) is 11.5 Å². The summed E-state index contributed by atoms with van der Waals surface area (Å²) in [5.74, 6) is 1.24. The summed E-state index contributed by atoms with van der Waals surface area (Å²) in [4.78, 5) is 23.8. The van der Waals surface area contributed by atoms with Crippen molar-refractivity contribution in [2.75, 3.05) is 19.8 Å². The van der Waals surface area contributed by atoms with Crippen LogP contribution in [0.25, 0.3) is 0 Å². The minimum Gasteiger partial charge on any atom is -0.486 e. The predicted octanol–water partition coefficient (Wildman–Crippen LogP) is 1.82. The highest BCUT2D eigenvalue weighted by atomic mass is 16.6. The van der Waals surface area contributed by atoms with Gasteiger partial charge in [-0.05, 0) is 23.3 Å². The maximum absolute atomic E-state index is 11.9. The molecule has 0 unspecified atom stereocenters. The maximum atomic E-state index is 11.9. The predicted molar refractivity (Wildman–Crippen MR) is 97.1 cm³/mol. The summed E-state index contributed by atoms with van der Waals surface area (Å²) in [6, 6.07) is 15.1. The van der Waals surface area contributed by atoms with Crippen LogP contribution < -0.4 is 20.1 Å². The van der Waals surface area contributed by atoms with E-state index in [1.807, 2.05) is 48.5 Å². The highest BCUT2D eigenvalue weighted by molar-refractivity contribution is 5.80. The summed E-state index contributed by atoms with van der Waals surface area (Å²) in [5.41, 5.74) is 1.89. The number of nitrogens with one attached hydrogen (secondary N) is 2. The van der Waals surface area contributed by atoms with E-state index < -0.39 is 0 Å². The molecule has 0 saturated carbocycles. The van der Waals surface area contributed by atoms with Gasteiger partial charge >= 0.3 is 0 Å². The Morgan fingerprint density at radius 2 is 1.62 bits per heavy atom. The van der Waals surface area contributed by atoms with Crippen molar-refractivity contribution in [1.82, 2.24) is 10.6 Å². The van der Waals surface area contributed by atoms with E-state index in [2.05, 4.69) is 10.6 Å². The first-order chi connectivity index (χ1) is 12.7. The Morgan fingerprint density at radius 3 is 2.42 bits per heavy atom. The van der Waals surface area contributed by atoms with Crippen molar-refractivity contribution >= 4 is 11.8 Å². The van der Waals surface area contributed by atoms with Crippen molar-refractivity contribution in [3.63, 3.8) is 0 Å². The molecule has 3 rings (SSSR count). The Balaban J connectivity index is 1.36. The first kappa shape index (κ1) is 17.8. The van der Waals surface area contributed by atoms with Crippen LogP contribution in [0.4, 0.5) is 0 Å². The van der Waals surface area contributed by atoms with E-state index in [-0.39, 0.29) is 18.2 Å². The number of hydrogen-bond acceptors (Lipinski definition) is 4. The Morgan fingerprint density at radius 1 is 0.846 bits per heavy atom. The molecule has 26 heavy (non-hydrogen) atoms. The van der Waals surface area contributed by atoms with Crippen LogP contribution in [0.15, 0.2) is 48.5 Å². The van der Waals surface area contributed by atoms with E-state index in [9.17, 15) is 9.59 Å². The average Bonchev–Trinajstić information content (AvgIpc) is 2.67. The molecule has 2 aromatic carbocycles. The number of hydrogen-bond donors (Lipinski definition) is 2. The van der Waals surface area contributed by atoms with E-state index in [0.29, 0.717) is 38.5 Å². The summed E-state index contributed by atoms with van der Waals surface area (Å²) < 4.78 is 11.0. The molecule has 2 aromatic rings. The molecule has 1 heterocycles. The molecule has 6 heteroatoms. The van der Waals surface area contributed by atoms with Crippen molar-refractivity contribution in [1.29, 1.82) is 0 Å². The third kappa shape index (κ3) is 5.24. The second-order valence-corrected chi connectivity index (χ2v) is 6.02. The van der Waals surface area contributed by atoms with E-state index >= 15 is 0 Å². The van der Waals surface area contributed by atoms with Gasteiger partial charge in [0, 0.05) is 19.5 Å². The lowest BCUT2D eigenvalue weighted by Crippen LogP contribution is -2.31. The average molecular weight is 354 g/mol. The van der Waals surface area contributed by atoms with Crippen LogP contribution >= 0.6 is 0 Å². The minimum absolute atomic E-state index is 0.0872. The molecule has 0 atom stereocenters. The van der Waals surface area contributed by atoms with Gasteiger partial charge in [0.25, 0.3) is 0 Å². The molecular formula is C20H22N2O4. The van der Waals surface area contributed by atoms with Crippen molar-refractivity contribution in [2.45, 2.75) is 19.4 Å². The standard InChI is InChI=1S/C20H22N2O4/c23-19(8-9-21-20(24)13-15-4-2-1-3-5-15)22-14-16-6-7-17-18(12-16)26-11-10-25-17/h1-7,12H,8-11,13-14H2,(H,21,24)(H,22,23). The molecule has 0 aromatic heterocycles. The first-order valence-electron chi connectivity index (χ1n) is 8.66. The van der Waals surface area contributed by atoms with Crippen LogP contribution in [-0.2, 0) is 22.6 Å². The topological polar surface area (TPSA) is 76.7 Å². The lowest BCUT2D eigenvalue weighted by atomic mass is 10.1. The largest absolute Gasteiger partial charge is 0.486 e. The molecule has 0 fully saturated rings. The Kier molecular flexibility index (Phi) is 6.09. The van der Waals surface area contributed by atoms with Crippen molar-refractivity contribution in [2.24, 2.45) is 0 Å². The lowest BCUT2D eigenvalue weighted by Gasteiger charge is -2.19. The molecular weight excluding hydrogens is 332 g/mol. The highest BCUT2D eigenvalue weighted by Gasteiger charge is 2.12. The van der Waals surface area contributed by atoms with E-state index in [4.69, 9.17) is 9.47 Å². The van der Waals surface area contributed by atoms with Gasteiger partial charge in [0.2, 0.25) is 11.8 Å². The smallest absolute Gasteiger partial charge is 0.224 e. The molecule has 2 N–H and O–H groups in total. The molecule has 6 nitrogen and oxygen atoms in total. The molecule has 0 radical (unpaired) electrons. The first-order valence-corrected chi connectivity index (χ1v) is 8.66. The van der Waals surface area contributed by atoms with Crippen LogP contribution in [0.5, 0.6) is 11.5 Å². The zero-order chi connectivity index (χ0) is 18.2. The Hall–Kier alpha value is -3.02. The summed E-state index contributed by atoms with van der Waals surface area (Å²) in [6.45, 7) is 1.82. The molecule has 2 amide bonds. The van der Waals surface area contributed by atoms with Gasteiger partial charge in [-0.3, -0.25) is 9.59 Å². The van der Waals surface area contributed by atoms with Crippen LogP contribution in [0.2, 0.25) is 0 Å². The van der Waals surface area contributed by atoms with Crippen LogP contribution in [0.1, 0.15) is 17.5 Å². The SMILES string of the molecule is O=C(CCNC(=O)Cc1ccccc1)NCc1ccc2c(c1)OCCO2. The minimum atomic E-state index is -0.111. The summed E-state index contributed by atoms with van der Waals surface area (Å²) in [5, 5.41) is 5.61. The Labute approximate surface area is 152 Å². The van der Waals surface area contributed by atoms with Crippen LogP contribution in [0.3, 0.4) is 0 Å². The van der Waals surface area contributed by atoms with Gasteiger partial charge < -0.3 is 20.1 Å². The molecule has 1 aliphatic rings. The fraction of sp³-hybridized carbons (Fsp3) is 0.300. The summed E-state index contributed by atoms with van der Waals surface area (Å²) in [7, 11) is 0. The van der Waals surface area contributed by atoms with Gasteiger partial charge in [-0.25, -0.2) is 0 Å². The number of amides is 2.